The zero-order valence-electron chi connectivity index (χ0n) is 9.96. The fourth-order valence-corrected chi connectivity index (χ4v) is 2.34. The maximum atomic E-state index is 12.6. The lowest BCUT2D eigenvalue weighted by atomic mass is 10.1. The third-order valence-corrected chi connectivity index (χ3v) is 3.31. The Labute approximate surface area is 104 Å². The summed E-state index contributed by atoms with van der Waals surface area (Å²) < 4.78 is 37.7. The van der Waals surface area contributed by atoms with Crippen LogP contribution in [-0.2, 0) is 6.18 Å². The van der Waals surface area contributed by atoms with Crippen molar-refractivity contribution in [2.45, 2.75) is 32.0 Å². The lowest BCUT2D eigenvalue weighted by Crippen LogP contribution is -2.27. The minimum atomic E-state index is -4.40. The van der Waals surface area contributed by atoms with Gasteiger partial charge in [0.1, 0.15) is 6.07 Å². The molecule has 0 spiro atoms. The first-order chi connectivity index (χ1) is 8.43. The Balaban J connectivity index is 2.41. The Morgan fingerprint density at radius 2 is 2.11 bits per heavy atom. The third-order valence-electron chi connectivity index (χ3n) is 3.31. The molecule has 96 valence electrons. The first kappa shape index (κ1) is 12.7. The van der Waals surface area contributed by atoms with Gasteiger partial charge in [-0.1, -0.05) is 0 Å². The van der Waals surface area contributed by atoms with Crippen LogP contribution in [0.3, 0.4) is 0 Å². The second kappa shape index (κ2) is 4.52. The van der Waals surface area contributed by atoms with Gasteiger partial charge in [-0.3, -0.25) is 0 Å². The normalized spacial score (nSPS) is 19.9. The Kier molecular flexibility index (Phi) is 3.20. The van der Waals surface area contributed by atoms with Gasteiger partial charge >= 0.3 is 6.18 Å². The topological polar surface area (TPSA) is 27.0 Å². The number of alkyl halides is 3. The molecule has 1 saturated heterocycles. The minimum Gasteiger partial charge on any atom is -0.368 e. The van der Waals surface area contributed by atoms with Crippen LogP contribution in [0.2, 0.25) is 0 Å². The SMILES string of the molecule is CC1CCCN1c1ccc(C(F)(F)F)cc1C#N. The second-order valence-corrected chi connectivity index (χ2v) is 4.53. The smallest absolute Gasteiger partial charge is 0.368 e. The average molecular weight is 254 g/mol. The first-order valence-electron chi connectivity index (χ1n) is 5.81. The van der Waals surface area contributed by atoms with Crippen molar-refractivity contribution >= 4 is 5.69 Å². The molecule has 1 aromatic rings. The number of anilines is 1. The number of benzene rings is 1. The highest BCUT2D eigenvalue weighted by Crippen LogP contribution is 2.34. The summed E-state index contributed by atoms with van der Waals surface area (Å²) in [4.78, 5) is 2.00. The molecule has 1 aliphatic rings. The van der Waals surface area contributed by atoms with Gasteiger partial charge in [0.25, 0.3) is 0 Å². The fourth-order valence-electron chi connectivity index (χ4n) is 2.34. The van der Waals surface area contributed by atoms with Crippen molar-refractivity contribution < 1.29 is 13.2 Å². The summed E-state index contributed by atoms with van der Waals surface area (Å²) in [5.41, 5.74) is -0.0660. The molecule has 1 atom stereocenters. The van der Waals surface area contributed by atoms with Gasteiger partial charge in [0.15, 0.2) is 0 Å². The third kappa shape index (κ3) is 2.28. The van der Waals surface area contributed by atoms with Crippen molar-refractivity contribution in [3.05, 3.63) is 29.3 Å². The molecular formula is C13H13F3N2. The minimum absolute atomic E-state index is 0.0959. The molecule has 2 nitrogen and oxygen atoms in total. The van der Waals surface area contributed by atoms with Crippen LogP contribution in [0.25, 0.3) is 0 Å². The quantitative estimate of drug-likeness (QED) is 0.766. The van der Waals surface area contributed by atoms with Gasteiger partial charge in [-0.05, 0) is 38.0 Å². The number of rotatable bonds is 1. The standard InChI is InChI=1S/C13H13F3N2/c1-9-3-2-6-18(9)12-5-4-11(13(14,15)16)7-10(12)8-17/h4-5,7,9H,2-3,6H2,1H3. The number of nitriles is 1. The van der Waals surface area contributed by atoms with Gasteiger partial charge in [-0.15, -0.1) is 0 Å². The Bertz CT molecular complexity index is 488. The summed E-state index contributed by atoms with van der Waals surface area (Å²) in [6.45, 7) is 2.81. The van der Waals surface area contributed by atoms with Crippen molar-refractivity contribution in [3.63, 3.8) is 0 Å². The van der Waals surface area contributed by atoms with Crippen LogP contribution in [0.1, 0.15) is 30.9 Å². The molecule has 1 aliphatic heterocycles. The van der Waals surface area contributed by atoms with E-state index >= 15 is 0 Å². The van der Waals surface area contributed by atoms with E-state index in [1.54, 1.807) is 0 Å². The van der Waals surface area contributed by atoms with E-state index in [9.17, 15) is 13.2 Å². The number of nitrogens with zero attached hydrogens (tertiary/aromatic N) is 2. The van der Waals surface area contributed by atoms with Crippen LogP contribution in [0.5, 0.6) is 0 Å². The van der Waals surface area contributed by atoms with Crippen molar-refractivity contribution in [1.82, 2.24) is 0 Å². The van der Waals surface area contributed by atoms with Gasteiger partial charge in [0, 0.05) is 12.6 Å². The summed E-state index contributed by atoms with van der Waals surface area (Å²) in [5, 5.41) is 9.01. The van der Waals surface area contributed by atoms with E-state index in [1.165, 1.54) is 6.07 Å². The van der Waals surface area contributed by atoms with Gasteiger partial charge in [-0.2, -0.15) is 18.4 Å². The maximum absolute atomic E-state index is 12.6. The molecule has 1 unspecified atom stereocenters. The molecule has 0 amide bonds. The molecule has 5 heteroatoms. The van der Waals surface area contributed by atoms with E-state index in [1.807, 2.05) is 17.9 Å². The molecule has 0 aromatic heterocycles. The highest BCUT2D eigenvalue weighted by atomic mass is 19.4. The van der Waals surface area contributed by atoms with Crippen molar-refractivity contribution in [1.29, 1.82) is 5.26 Å². The highest BCUT2D eigenvalue weighted by molar-refractivity contribution is 5.61. The molecule has 0 N–H and O–H groups in total. The number of halogens is 3. The zero-order valence-corrected chi connectivity index (χ0v) is 9.96. The largest absolute Gasteiger partial charge is 0.416 e. The molecule has 2 rings (SSSR count). The number of hydrogen-bond acceptors (Lipinski definition) is 2. The molecular weight excluding hydrogens is 241 g/mol. The van der Waals surface area contributed by atoms with Crippen LogP contribution < -0.4 is 4.90 Å². The van der Waals surface area contributed by atoms with E-state index in [4.69, 9.17) is 5.26 Å². The summed E-state index contributed by atoms with van der Waals surface area (Å²) in [7, 11) is 0. The summed E-state index contributed by atoms with van der Waals surface area (Å²) in [6, 6.07) is 5.52. The lowest BCUT2D eigenvalue weighted by Gasteiger charge is -2.25. The molecule has 0 radical (unpaired) electrons. The predicted octanol–water partition coefficient (Wildman–Crippen LogP) is 3.57. The van der Waals surface area contributed by atoms with E-state index in [0.717, 1.165) is 31.5 Å². The fraction of sp³-hybridized carbons (Fsp3) is 0.462. The maximum Gasteiger partial charge on any atom is 0.416 e. The van der Waals surface area contributed by atoms with Gasteiger partial charge in [-0.25, -0.2) is 0 Å². The molecule has 1 heterocycles. The molecule has 18 heavy (non-hydrogen) atoms. The van der Waals surface area contributed by atoms with E-state index in [2.05, 4.69) is 0 Å². The van der Waals surface area contributed by atoms with E-state index in [-0.39, 0.29) is 11.6 Å². The molecule has 0 aliphatic carbocycles. The molecule has 1 fully saturated rings. The molecule has 0 saturated carbocycles. The van der Waals surface area contributed by atoms with Crippen LogP contribution in [0.4, 0.5) is 18.9 Å². The predicted molar refractivity (Wildman–Crippen MR) is 62.2 cm³/mol. The monoisotopic (exact) mass is 254 g/mol. The molecule has 1 aromatic carbocycles. The Hall–Kier alpha value is -1.70. The van der Waals surface area contributed by atoms with Crippen LogP contribution in [0, 0.1) is 11.3 Å². The van der Waals surface area contributed by atoms with Crippen molar-refractivity contribution in [2.75, 3.05) is 11.4 Å². The lowest BCUT2D eigenvalue weighted by molar-refractivity contribution is -0.137. The van der Waals surface area contributed by atoms with E-state index < -0.39 is 11.7 Å². The average Bonchev–Trinajstić information content (AvgIpc) is 2.73. The summed E-state index contributed by atoms with van der Waals surface area (Å²) >= 11 is 0. The van der Waals surface area contributed by atoms with Crippen LogP contribution in [-0.4, -0.2) is 12.6 Å². The zero-order chi connectivity index (χ0) is 13.3. The van der Waals surface area contributed by atoms with Crippen LogP contribution >= 0.6 is 0 Å². The summed E-state index contributed by atoms with van der Waals surface area (Å²) in [5.74, 6) is 0. The van der Waals surface area contributed by atoms with Gasteiger partial charge in [0.05, 0.1) is 16.8 Å². The number of hydrogen-bond donors (Lipinski definition) is 0. The van der Waals surface area contributed by atoms with Crippen LogP contribution in [0.15, 0.2) is 18.2 Å². The Morgan fingerprint density at radius 1 is 1.39 bits per heavy atom. The van der Waals surface area contributed by atoms with Crippen molar-refractivity contribution in [3.8, 4) is 6.07 Å². The second-order valence-electron chi connectivity index (χ2n) is 4.53. The summed E-state index contributed by atoms with van der Waals surface area (Å²) in [6.07, 6.45) is -2.39. The Morgan fingerprint density at radius 3 is 2.61 bits per heavy atom. The van der Waals surface area contributed by atoms with E-state index in [0.29, 0.717) is 5.69 Å². The van der Waals surface area contributed by atoms with Gasteiger partial charge in [0.2, 0.25) is 0 Å². The highest BCUT2D eigenvalue weighted by Gasteiger charge is 2.32. The van der Waals surface area contributed by atoms with Gasteiger partial charge < -0.3 is 4.90 Å². The molecule has 0 bridgehead atoms. The van der Waals surface area contributed by atoms with Crippen molar-refractivity contribution in [2.24, 2.45) is 0 Å². The first-order valence-corrected chi connectivity index (χ1v) is 5.81.